The Kier molecular flexibility index (Phi) is 4.46. The topological polar surface area (TPSA) is 128 Å². The lowest BCUT2D eigenvalue weighted by atomic mass is 10.1. The van der Waals surface area contributed by atoms with Gasteiger partial charge in [-0.15, -0.1) is 0 Å². The molecular formula is C13H15ClN4O3. The van der Waals surface area contributed by atoms with Crippen LogP contribution < -0.4 is 16.2 Å². The zero-order chi connectivity index (χ0) is 15.6. The van der Waals surface area contributed by atoms with E-state index in [9.17, 15) is 10.2 Å². The molecule has 0 aliphatic rings. The number of ether oxygens (including phenoxy) is 1. The minimum absolute atomic E-state index is 0.0178. The number of anilines is 2. The van der Waals surface area contributed by atoms with Crippen molar-refractivity contribution in [2.75, 3.05) is 11.5 Å². The highest BCUT2D eigenvalue weighted by Gasteiger charge is 2.20. The molecule has 0 bridgehead atoms. The summed E-state index contributed by atoms with van der Waals surface area (Å²) in [5.74, 6) is -0.0219. The van der Waals surface area contributed by atoms with E-state index in [1.807, 2.05) is 0 Å². The van der Waals surface area contributed by atoms with Crippen molar-refractivity contribution in [3.8, 4) is 17.0 Å². The van der Waals surface area contributed by atoms with Crippen molar-refractivity contribution in [3.05, 3.63) is 29.3 Å². The zero-order valence-corrected chi connectivity index (χ0v) is 11.9. The molecule has 0 amide bonds. The number of aliphatic hydroxyl groups is 2. The van der Waals surface area contributed by atoms with Gasteiger partial charge in [0.2, 0.25) is 18.1 Å². The first kappa shape index (κ1) is 15.3. The molecule has 0 fully saturated rings. The van der Waals surface area contributed by atoms with E-state index in [0.29, 0.717) is 16.1 Å². The van der Waals surface area contributed by atoms with Crippen LogP contribution >= 0.6 is 11.6 Å². The number of nitrogens with zero attached hydrogens (tertiary/aromatic N) is 2. The predicted molar refractivity (Wildman–Crippen MR) is 79.6 cm³/mol. The molecule has 0 saturated heterocycles. The maximum atomic E-state index is 9.64. The Labute approximate surface area is 126 Å². The van der Waals surface area contributed by atoms with Gasteiger partial charge >= 0.3 is 0 Å². The monoisotopic (exact) mass is 310 g/mol. The molecule has 112 valence electrons. The number of nitrogen functional groups attached to an aromatic ring is 2. The maximum Gasteiger partial charge on any atom is 0.230 e. The standard InChI is InChI=1S/C13H15ClN4O3/c1-6(19)12(20)21-11-9(10(15)17-13(16)18-11)7-2-4-8(14)5-3-7/h2-6,12,19-20H,1H3,(H4,15,16,17,18)/t6?,12-/m1/s1. The number of benzene rings is 1. The van der Waals surface area contributed by atoms with E-state index in [1.165, 1.54) is 6.92 Å². The molecule has 6 N–H and O–H groups in total. The van der Waals surface area contributed by atoms with Gasteiger partial charge < -0.3 is 26.4 Å². The van der Waals surface area contributed by atoms with Crippen LogP contribution in [0.3, 0.4) is 0 Å². The number of hydrogen-bond donors (Lipinski definition) is 4. The van der Waals surface area contributed by atoms with Crippen LogP contribution in [0.2, 0.25) is 5.02 Å². The van der Waals surface area contributed by atoms with Gasteiger partial charge in [-0.2, -0.15) is 9.97 Å². The molecule has 0 aliphatic heterocycles. The van der Waals surface area contributed by atoms with Crippen molar-refractivity contribution in [2.45, 2.75) is 19.3 Å². The Hall–Kier alpha value is -2.09. The molecule has 0 aliphatic carbocycles. The fourth-order valence-corrected chi connectivity index (χ4v) is 1.79. The van der Waals surface area contributed by atoms with E-state index in [-0.39, 0.29) is 17.6 Å². The quantitative estimate of drug-likeness (QED) is 0.621. The largest absolute Gasteiger partial charge is 0.444 e. The van der Waals surface area contributed by atoms with Crippen molar-refractivity contribution in [2.24, 2.45) is 0 Å². The van der Waals surface area contributed by atoms with Gasteiger partial charge in [-0.3, -0.25) is 0 Å². The minimum atomic E-state index is -1.47. The Morgan fingerprint density at radius 2 is 1.76 bits per heavy atom. The lowest BCUT2D eigenvalue weighted by Gasteiger charge is -2.18. The Balaban J connectivity index is 2.50. The molecule has 8 heteroatoms. The summed E-state index contributed by atoms with van der Waals surface area (Å²) in [7, 11) is 0. The maximum absolute atomic E-state index is 9.64. The van der Waals surface area contributed by atoms with E-state index in [1.54, 1.807) is 24.3 Å². The van der Waals surface area contributed by atoms with Crippen LogP contribution in [-0.4, -0.2) is 32.6 Å². The van der Waals surface area contributed by atoms with E-state index < -0.39 is 12.4 Å². The van der Waals surface area contributed by atoms with E-state index in [0.717, 1.165) is 0 Å². The minimum Gasteiger partial charge on any atom is -0.444 e. The van der Waals surface area contributed by atoms with Crippen molar-refractivity contribution in [1.82, 2.24) is 9.97 Å². The zero-order valence-electron chi connectivity index (χ0n) is 11.2. The third-order valence-electron chi connectivity index (χ3n) is 2.70. The molecule has 2 rings (SSSR count). The molecule has 0 spiro atoms. The molecule has 1 heterocycles. The number of hydrogen-bond acceptors (Lipinski definition) is 7. The van der Waals surface area contributed by atoms with Gasteiger partial charge in [0.15, 0.2) is 0 Å². The van der Waals surface area contributed by atoms with Crippen LogP contribution in [0, 0.1) is 0 Å². The smallest absolute Gasteiger partial charge is 0.230 e. The van der Waals surface area contributed by atoms with Gasteiger partial charge in [0.25, 0.3) is 0 Å². The van der Waals surface area contributed by atoms with Crippen LogP contribution in [0.5, 0.6) is 5.88 Å². The predicted octanol–water partition coefficient (Wildman–Crippen LogP) is 1.04. The van der Waals surface area contributed by atoms with Crippen molar-refractivity contribution < 1.29 is 14.9 Å². The first-order valence-corrected chi connectivity index (χ1v) is 6.48. The molecule has 7 nitrogen and oxygen atoms in total. The average molecular weight is 311 g/mol. The molecular weight excluding hydrogens is 296 g/mol. The van der Waals surface area contributed by atoms with Gasteiger partial charge in [0.05, 0.1) is 5.56 Å². The summed E-state index contributed by atoms with van der Waals surface area (Å²) in [6, 6.07) is 6.74. The van der Waals surface area contributed by atoms with Crippen LogP contribution in [0.25, 0.3) is 11.1 Å². The SMILES string of the molecule is CC(O)[C@H](O)Oc1nc(N)nc(N)c1-c1ccc(Cl)cc1. The first-order valence-electron chi connectivity index (χ1n) is 6.10. The fraction of sp³-hybridized carbons (Fsp3) is 0.231. The molecule has 1 aromatic carbocycles. The molecule has 1 unspecified atom stereocenters. The number of nitrogens with two attached hydrogens (primary N) is 2. The highest BCUT2D eigenvalue weighted by atomic mass is 35.5. The van der Waals surface area contributed by atoms with E-state index in [2.05, 4.69) is 9.97 Å². The van der Waals surface area contributed by atoms with Crippen molar-refractivity contribution in [1.29, 1.82) is 0 Å². The molecule has 21 heavy (non-hydrogen) atoms. The summed E-state index contributed by atoms with van der Waals surface area (Å²) in [6.45, 7) is 1.38. The fourth-order valence-electron chi connectivity index (χ4n) is 1.66. The second-order valence-corrected chi connectivity index (χ2v) is 4.84. The second-order valence-electron chi connectivity index (χ2n) is 4.40. The number of aliphatic hydroxyl groups excluding tert-OH is 2. The van der Waals surface area contributed by atoms with Crippen molar-refractivity contribution in [3.63, 3.8) is 0 Å². The normalized spacial score (nSPS) is 13.7. The summed E-state index contributed by atoms with van der Waals surface area (Å²) < 4.78 is 5.21. The van der Waals surface area contributed by atoms with Crippen LogP contribution in [0.15, 0.2) is 24.3 Å². The van der Waals surface area contributed by atoms with E-state index >= 15 is 0 Å². The number of rotatable bonds is 4. The molecule has 2 atom stereocenters. The van der Waals surface area contributed by atoms with Crippen molar-refractivity contribution >= 4 is 23.4 Å². The highest BCUT2D eigenvalue weighted by molar-refractivity contribution is 6.30. The Morgan fingerprint density at radius 3 is 2.33 bits per heavy atom. The summed E-state index contributed by atoms with van der Waals surface area (Å²) in [5, 5.41) is 19.5. The molecule has 1 aromatic heterocycles. The van der Waals surface area contributed by atoms with Gasteiger partial charge in [-0.05, 0) is 24.6 Å². The first-order chi connectivity index (χ1) is 9.88. The highest BCUT2D eigenvalue weighted by Crippen LogP contribution is 2.34. The summed E-state index contributed by atoms with van der Waals surface area (Å²) in [6.07, 6.45) is -2.58. The van der Waals surface area contributed by atoms with Crippen LogP contribution in [0.4, 0.5) is 11.8 Å². The molecule has 2 aromatic rings. The summed E-state index contributed by atoms with van der Waals surface area (Å²) in [5.41, 5.74) is 12.4. The number of halogens is 1. The number of aromatic nitrogens is 2. The van der Waals surface area contributed by atoms with E-state index in [4.69, 9.17) is 27.8 Å². The second kappa shape index (κ2) is 6.13. The molecule has 0 radical (unpaired) electrons. The third-order valence-corrected chi connectivity index (χ3v) is 2.95. The van der Waals surface area contributed by atoms with Gasteiger partial charge in [-0.1, -0.05) is 23.7 Å². The Morgan fingerprint density at radius 1 is 1.14 bits per heavy atom. The van der Waals surface area contributed by atoms with Crippen LogP contribution in [0.1, 0.15) is 6.92 Å². The summed E-state index contributed by atoms with van der Waals surface area (Å²) in [4.78, 5) is 7.79. The lowest BCUT2D eigenvalue weighted by Crippen LogP contribution is -2.29. The average Bonchev–Trinajstić information content (AvgIpc) is 2.39. The molecule has 0 saturated carbocycles. The lowest BCUT2D eigenvalue weighted by molar-refractivity contribution is -0.0976. The summed E-state index contributed by atoms with van der Waals surface area (Å²) >= 11 is 5.84. The van der Waals surface area contributed by atoms with Crippen LogP contribution in [-0.2, 0) is 0 Å². The van der Waals surface area contributed by atoms with Gasteiger partial charge in [-0.25, -0.2) is 0 Å². The Bertz CT molecular complexity index is 634. The van der Waals surface area contributed by atoms with Gasteiger partial charge in [0, 0.05) is 5.02 Å². The third kappa shape index (κ3) is 3.52. The van der Waals surface area contributed by atoms with Gasteiger partial charge in [0.1, 0.15) is 11.9 Å².